The second-order valence-corrected chi connectivity index (χ2v) is 7.30. The van der Waals surface area contributed by atoms with Gasteiger partial charge in [0.2, 0.25) is 0 Å². The van der Waals surface area contributed by atoms with E-state index in [1.54, 1.807) is 12.1 Å². The molecule has 0 aliphatic rings. The van der Waals surface area contributed by atoms with E-state index in [0.717, 1.165) is 5.56 Å². The molecule has 0 aliphatic carbocycles. The number of aryl methyl sites for hydroxylation is 1. The van der Waals surface area contributed by atoms with E-state index in [2.05, 4.69) is 0 Å². The molecule has 0 aromatic heterocycles. The number of ketones is 1. The van der Waals surface area contributed by atoms with Gasteiger partial charge in [-0.05, 0) is 26.0 Å². The van der Waals surface area contributed by atoms with Gasteiger partial charge in [-0.1, -0.05) is 17.7 Å². The minimum atomic E-state index is -3.75. The highest BCUT2D eigenvalue weighted by atomic mass is 32.2. The normalized spacial score (nSPS) is 11.6. The summed E-state index contributed by atoms with van der Waals surface area (Å²) in [7, 11) is -3.75. The van der Waals surface area contributed by atoms with Gasteiger partial charge < -0.3 is 18.9 Å². The second kappa shape index (κ2) is 13.8. The van der Waals surface area contributed by atoms with Gasteiger partial charge in [0.1, 0.15) is 6.61 Å². The first-order valence-electron chi connectivity index (χ1n) is 8.68. The van der Waals surface area contributed by atoms with Gasteiger partial charge in [-0.3, -0.25) is 8.98 Å². The number of Topliss-reactive ketones (excluding diaryl/α,β-unsaturated/α-hetero) is 1. The van der Waals surface area contributed by atoms with E-state index in [1.807, 2.05) is 6.92 Å². The smallest absolute Gasteiger partial charge is 0.297 e. The maximum atomic E-state index is 11.9. The summed E-state index contributed by atoms with van der Waals surface area (Å²) in [5.74, 6) is -0.0171. The van der Waals surface area contributed by atoms with E-state index >= 15 is 0 Å². The summed E-state index contributed by atoms with van der Waals surface area (Å²) >= 11 is 0. The molecule has 0 atom stereocenters. The third kappa shape index (κ3) is 11.9. The van der Waals surface area contributed by atoms with E-state index in [4.69, 9.17) is 23.1 Å². The molecule has 0 saturated heterocycles. The highest BCUT2D eigenvalue weighted by molar-refractivity contribution is 7.86. The third-order valence-electron chi connectivity index (χ3n) is 3.20. The lowest BCUT2D eigenvalue weighted by Crippen LogP contribution is -2.15. The molecule has 0 amide bonds. The van der Waals surface area contributed by atoms with Crippen molar-refractivity contribution in [1.82, 2.24) is 0 Å². The first-order valence-corrected chi connectivity index (χ1v) is 10.1. The first-order chi connectivity index (χ1) is 12.9. The van der Waals surface area contributed by atoms with E-state index in [9.17, 15) is 13.2 Å². The summed E-state index contributed by atoms with van der Waals surface area (Å²) in [6.07, 6.45) is 0. The van der Waals surface area contributed by atoms with Crippen molar-refractivity contribution in [3.8, 4) is 0 Å². The summed E-state index contributed by atoms with van der Waals surface area (Å²) in [4.78, 5) is 10.8. The molecule has 0 fully saturated rings. The van der Waals surface area contributed by atoms with Gasteiger partial charge in [0.05, 0.1) is 57.8 Å². The number of rotatable bonds is 16. The van der Waals surface area contributed by atoms with Crippen LogP contribution in [0.15, 0.2) is 29.2 Å². The van der Waals surface area contributed by atoms with Crippen LogP contribution in [0.1, 0.15) is 12.5 Å². The Kier molecular flexibility index (Phi) is 12.1. The van der Waals surface area contributed by atoms with Gasteiger partial charge >= 0.3 is 0 Å². The molecule has 0 heterocycles. The predicted octanol–water partition coefficient (Wildman–Crippen LogP) is 1.36. The quantitative estimate of drug-likeness (QED) is 0.301. The Morgan fingerprint density at radius 1 is 0.778 bits per heavy atom. The monoisotopic (exact) mass is 404 g/mol. The molecule has 0 unspecified atom stereocenters. The third-order valence-corrected chi connectivity index (χ3v) is 4.52. The molecule has 9 heteroatoms. The van der Waals surface area contributed by atoms with Crippen molar-refractivity contribution in [2.75, 3.05) is 59.5 Å². The Morgan fingerprint density at radius 2 is 1.22 bits per heavy atom. The minimum absolute atomic E-state index is 0.0171. The molecular weight excluding hydrogens is 376 g/mol. The van der Waals surface area contributed by atoms with E-state index < -0.39 is 10.1 Å². The number of carbonyl (C=O) groups excluding carboxylic acids is 1. The zero-order valence-corrected chi connectivity index (χ0v) is 16.7. The number of benzene rings is 1. The molecule has 154 valence electrons. The van der Waals surface area contributed by atoms with Crippen LogP contribution in [0.5, 0.6) is 0 Å². The molecule has 0 N–H and O–H groups in total. The lowest BCUT2D eigenvalue weighted by atomic mass is 10.2. The molecule has 0 bridgehead atoms. The largest absolute Gasteiger partial charge is 0.377 e. The van der Waals surface area contributed by atoms with Gasteiger partial charge in [-0.25, -0.2) is 0 Å². The van der Waals surface area contributed by atoms with Crippen LogP contribution >= 0.6 is 0 Å². The number of ether oxygens (including phenoxy) is 4. The van der Waals surface area contributed by atoms with Crippen LogP contribution in [-0.2, 0) is 38.0 Å². The fourth-order valence-electron chi connectivity index (χ4n) is 1.85. The fraction of sp³-hybridized carbons (Fsp3) is 0.611. The first kappa shape index (κ1) is 23.7. The van der Waals surface area contributed by atoms with Crippen LogP contribution < -0.4 is 0 Å². The summed E-state index contributed by atoms with van der Waals surface area (Å²) in [6, 6.07) is 6.45. The molecule has 27 heavy (non-hydrogen) atoms. The topological polar surface area (TPSA) is 97.4 Å². The van der Waals surface area contributed by atoms with Crippen molar-refractivity contribution in [2.24, 2.45) is 0 Å². The predicted molar refractivity (Wildman–Crippen MR) is 98.3 cm³/mol. The van der Waals surface area contributed by atoms with Gasteiger partial charge in [0, 0.05) is 0 Å². The standard InChI is InChI=1S/C18H28O8S/c1-16-3-5-18(6-4-16)27(20,21)26-14-13-24-10-9-22-7-8-23-11-12-25-15-17(2)19/h3-6H,7-15H2,1-2H3. The Balaban J connectivity index is 1.93. The SMILES string of the molecule is CC(=O)COCCOCCOCCOCCOS(=O)(=O)c1ccc(C)cc1. The van der Waals surface area contributed by atoms with Gasteiger partial charge in [0.25, 0.3) is 10.1 Å². The van der Waals surface area contributed by atoms with Crippen LogP contribution in [0.4, 0.5) is 0 Å². The number of carbonyl (C=O) groups is 1. The van der Waals surface area contributed by atoms with E-state index in [-0.39, 0.29) is 30.5 Å². The number of hydrogen-bond donors (Lipinski definition) is 0. The summed E-state index contributed by atoms with van der Waals surface area (Å²) < 4.78 is 49.7. The maximum Gasteiger partial charge on any atom is 0.297 e. The maximum absolute atomic E-state index is 11.9. The molecule has 0 saturated carbocycles. The van der Waals surface area contributed by atoms with Crippen molar-refractivity contribution in [2.45, 2.75) is 18.7 Å². The molecular formula is C18H28O8S. The zero-order chi connectivity index (χ0) is 20.0. The van der Waals surface area contributed by atoms with Crippen molar-refractivity contribution in [1.29, 1.82) is 0 Å². The molecule has 8 nitrogen and oxygen atoms in total. The number of hydrogen-bond acceptors (Lipinski definition) is 8. The fourth-order valence-corrected chi connectivity index (χ4v) is 2.74. The second-order valence-electron chi connectivity index (χ2n) is 5.68. The van der Waals surface area contributed by atoms with Crippen LogP contribution in [0.2, 0.25) is 0 Å². The molecule has 0 spiro atoms. The lowest BCUT2D eigenvalue weighted by molar-refractivity contribution is -0.122. The highest BCUT2D eigenvalue weighted by Crippen LogP contribution is 2.12. The van der Waals surface area contributed by atoms with Crippen molar-refractivity contribution < 1.29 is 36.3 Å². The van der Waals surface area contributed by atoms with Crippen molar-refractivity contribution >= 4 is 15.9 Å². The summed E-state index contributed by atoms with van der Waals surface area (Å²) in [6.45, 7) is 5.84. The summed E-state index contributed by atoms with van der Waals surface area (Å²) in [5, 5.41) is 0. The zero-order valence-electron chi connectivity index (χ0n) is 15.8. The van der Waals surface area contributed by atoms with Crippen LogP contribution in [-0.4, -0.2) is 73.7 Å². The average molecular weight is 404 g/mol. The average Bonchev–Trinajstić information content (AvgIpc) is 2.62. The molecule has 0 aliphatic heterocycles. The van der Waals surface area contributed by atoms with Crippen LogP contribution in [0.25, 0.3) is 0 Å². The summed E-state index contributed by atoms with van der Waals surface area (Å²) in [5.41, 5.74) is 0.976. The molecule has 1 aromatic rings. The van der Waals surface area contributed by atoms with Gasteiger partial charge in [-0.15, -0.1) is 0 Å². The van der Waals surface area contributed by atoms with E-state index in [0.29, 0.717) is 39.6 Å². The Hall–Kier alpha value is -1.36. The van der Waals surface area contributed by atoms with Crippen molar-refractivity contribution in [3.05, 3.63) is 29.8 Å². The minimum Gasteiger partial charge on any atom is -0.377 e. The Labute approximate surface area is 160 Å². The van der Waals surface area contributed by atoms with Gasteiger partial charge in [-0.2, -0.15) is 8.42 Å². The lowest BCUT2D eigenvalue weighted by Gasteiger charge is -2.08. The Morgan fingerprint density at radius 3 is 1.70 bits per heavy atom. The van der Waals surface area contributed by atoms with E-state index in [1.165, 1.54) is 19.1 Å². The molecule has 0 radical (unpaired) electrons. The van der Waals surface area contributed by atoms with Crippen molar-refractivity contribution in [3.63, 3.8) is 0 Å². The van der Waals surface area contributed by atoms with Gasteiger partial charge in [0.15, 0.2) is 5.78 Å². The highest BCUT2D eigenvalue weighted by Gasteiger charge is 2.14. The van der Waals surface area contributed by atoms with Crippen LogP contribution in [0.3, 0.4) is 0 Å². The molecule has 1 aromatic carbocycles. The molecule has 1 rings (SSSR count). The van der Waals surface area contributed by atoms with Crippen LogP contribution in [0, 0.1) is 6.92 Å². The Bertz CT molecular complexity index is 627.